The minimum Gasteiger partial charge on any atom is -0.351 e. The van der Waals surface area contributed by atoms with E-state index < -0.39 is 17.7 Å². The van der Waals surface area contributed by atoms with Crippen LogP contribution in [0, 0.1) is 6.92 Å². The van der Waals surface area contributed by atoms with Crippen molar-refractivity contribution in [2.75, 3.05) is 36.5 Å². The molecule has 0 unspecified atom stereocenters. The summed E-state index contributed by atoms with van der Waals surface area (Å²) in [5, 5.41) is 2.88. The first kappa shape index (κ1) is 22.5. The molecule has 0 aliphatic carbocycles. The number of hydrogen-bond acceptors (Lipinski definition) is 7. The Labute approximate surface area is 195 Å². The van der Waals surface area contributed by atoms with Crippen molar-refractivity contribution in [2.24, 2.45) is 0 Å². The van der Waals surface area contributed by atoms with Crippen LogP contribution in [0.15, 0.2) is 48.8 Å². The molecular weight excluding hydrogens is 447 g/mol. The molecule has 1 aromatic carbocycles. The maximum Gasteiger partial charge on any atom is 0.433 e. The van der Waals surface area contributed by atoms with Crippen molar-refractivity contribution in [2.45, 2.75) is 31.7 Å². The second-order valence-electron chi connectivity index (χ2n) is 8.51. The molecule has 2 aliphatic rings. The molecule has 1 N–H and O–H groups in total. The minimum atomic E-state index is -4.53. The molecule has 2 aromatic heterocycles. The number of nitrogens with one attached hydrogen (secondary N) is 1. The van der Waals surface area contributed by atoms with Gasteiger partial charge in [0.2, 0.25) is 5.95 Å². The monoisotopic (exact) mass is 471 g/mol. The van der Waals surface area contributed by atoms with E-state index in [0.29, 0.717) is 25.4 Å². The lowest BCUT2D eigenvalue weighted by Gasteiger charge is -2.39. The molecule has 0 atom stereocenters. The zero-order valence-corrected chi connectivity index (χ0v) is 18.6. The number of halogens is 3. The standard InChI is InChI=1S/C24H24F3N5O2/c1-16-11-18(13-19(12-16)30-22-28-7-5-20(31-22)24(25,26)27)17-3-4-21(29-14-17)32-8-2-6-23(15-32)33-9-10-34-23/h3-5,7,11-14H,2,6,8-10,15H2,1H3,(H,28,30,31). The van der Waals surface area contributed by atoms with Crippen LogP contribution in [-0.4, -0.2) is 47.0 Å². The number of anilines is 3. The van der Waals surface area contributed by atoms with E-state index in [9.17, 15) is 13.2 Å². The number of piperidine rings is 1. The van der Waals surface area contributed by atoms with Gasteiger partial charge in [-0.2, -0.15) is 13.2 Å². The molecule has 0 amide bonds. The first-order valence-corrected chi connectivity index (χ1v) is 11.1. The minimum absolute atomic E-state index is 0.116. The first-order valence-electron chi connectivity index (χ1n) is 11.1. The number of ether oxygens (including phenoxy) is 2. The molecule has 2 fully saturated rings. The molecule has 1 spiro atoms. The number of aromatic nitrogens is 3. The molecule has 178 valence electrons. The molecule has 2 aliphatic heterocycles. The number of pyridine rings is 1. The van der Waals surface area contributed by atoms with Crippen LogP contribution < -0.4 is 10.2 Å². The Hall–Kier alpha value is -3.24. The molecule has 10 heteroatoms. The van der Waals surface area contributed by atoms with Gasteiger partial charge in [0.05, 0.1) is 19.8 Å². The molecule has 0 radical (unpaired) electrons. The number of alkyl halides is 3. The van der Waals surface area contributed by atoms with Crippen LogP contribution in [0.25, 0.3) is 11.1 Å². The third-order valence-corrected chi connectivity index (χ3v) is 5.92. The van der Waals surface area contributed by atoms with Crippen molar-refractivity contribution >= 4 is 17.5 Å². The summed E-state index contributed by atoms with van der Waals surface area (Å²) in [6.07, 6.45) is 0.203. The summed E-state index contributed by atoms with van der Waals surface area (Å²) in [5.41, 5.74) is 2.30. The summed E-state index contributed by atoms with van der Waals surface area (Å²) in [5.74, 6) is 0.210. The topological polar surface area (TPSA) is 72.4 Å². The zero-order chi connectivity index (χ0) is 23.8. The molecule has 4 heterocycles. The molecular formula is C24H24F3N5O2. The first-order chi connectivity index (χ1) is 16.3. The second kappa shape index (κ2) is 8.84. The van der Waals surface area contributed by atoms with Crippen LogP contribution in [0.3, 0.4) is 0 Å². The predicted octanol–water partition coefficient (Wildman–Crippen LogP) is 4.95. The Bertz CT molecular complexity index is 1160. The summed E-state index contributed by atoms with van der Waals surface area (Å²) in [6, 6.07) is 10.4. The lowest BCUT2D eigenvalue weighted by Crippen LogP contribution is -2.49. The molecule has 34 heavy (non-hydrogen) atoms. The van der Waals surface area contributed by atoms with Crippen molar-refractivity contribution in [1.29, 1.82) is 0 Å². The van der Waals surface area contributed by atoms with Crippen molar-refractivity contribution in [3.8, 4) is 11.1 Å². The van der Waals surface area contributed by atoms with Crippen molar-refractivity contribution in [3.63, 3.8) is 0 Å². The van der Waals surface area contributed by atoms with Gasteiger partial charge in [-0.25, -0.2) is 15.0 Å². The highest BCUT2D eigenvalue weighted by molar-refractivity contribution is 5.71. The third-order valence-electron chi connectivity index (χ3n) is 5.92. The van der Waals surface area contributed by atoms with Gasteiger partial charge in [-0.15, -0.1) is 0 Å². The van der Waals surface area contributed by atoms with Crippen LogP contribution >= 0.6 is 0 Å². The van der Waals surface area contributed by atoms with Gasteiger partial charge in [0, 0.05) is 36.6 Å². The third kappa shape index (κ3) is 4.83. The summed E-state index contributed by atoms with van der Waals surface area (Å²) in [4.78, 5) is 14.3. The van der Waals surface area contributed by atoms with Gasteiger partial charge in [-0.3, -0.25) is 0 Å². The fraction of sp³-hybridized carbons (Fsp3) is 0.375. The van der Waals surface area contributed by atoms with E-state index in [1.165, 1.54) is 0 Å². The van der Waals surface area contributed by atoms with E-state index in [0.717, 1.165) is 54.2 Å². The van der Waals surface area contributed by atoms with Gasteiger partial charge in [-0.1, -0.05) is 6.07 Å². The SMILES string of the molecule is Cc1cc(Nc2nccc(C(F)(F)F)n2)cc(-c2ccc(N3CCCC4(C3)OCCO4)nc2)c1. The summed E-state index contributed by atoms with van der Waals surface area (Å²) in [7, 11) is 0. The van der Waals surface area contributed by atoms with Crippen molar-refractivity contribution < 1.29 is 22.6 Å². The number of nitrogens with zero attached hydrogens (tertiary/aromatic N) is 4. The van der Waals surface area contributed by atoms with Crippen LogP contribution in [0.5, 0.6) is 0 Å². The maximum atomic E-state index is 13.0. The number of hydrogen-bond donors (Lipinski definition) is 1. The second-order valence-corrected chi connectivity index (χ2v) is 8.51. The van der Waals surface area contributed by atoms with Crippen LogP contribution in [0.1, 0.15) is 24.1 Å². The van der Waals surface area contributed by atoms with E-state index in [1.54, 1.807) is 6.20 Å². The molecule has 7 nitrogen and oxygen atoms in total. The number of benzene rings is 1. The largest absolute Gasteiger partial charge is 0.433 e. The highest BCUT2D eigenvalue weighted by Crippen LogP contribution is 2.33. The van der Waals surface area contributed by atoms with Crippen LogP contribution in [-0.2, 0) is 15.7 Å². The Balaban J connectivity index is 1.34. The Morgan fingerprint density at radius 1 is 1.03 bits per heavy atom. The smallest absolute Gasteiger partial charge is 0.351 e. The molecule has 0 saturated carbocycles. The quantitative estimate of drug-likeness (QED) is 0.577. The van der Waals surface area contributed by atoms with E-state index >= 15 is 0 Å². The van der Waals surface area contributed by atoms with Gasteiger partial charge >= 0.3 is 6.18 Å². The van der Waals surface area contributed by atoms with Crippen molar-refractivity contribution in [3.05, 3.63) is 60.0 Å². The summed E-state index contributed by atoms with van der Waals surface area (Å²) < 4.78 is 50.6. The fourth-order valence-electron chi connectivity index (χ4n) is 4.39. The fourth-order valence-corrected chi connectivity index (χ4v) is 4.39. The van der Waals surface area contributed by atoms with Crippen molar-refractivity contribution in [1.82, 2.24) is 15.0 Å². The average molecular weight is 471 g/mol. The lowest BCUT2D eigenvalue weighted by atomic mass is 10.0. The predicted molar refractivity (Wildman–Crippen MR) is 121 cm³/mol. The highest BCUT2D eigenvalue weighted by atomic mass is 19.4. The Morgan fingerprint density at radius 2 is 1.85 bits per heavy atom. The summed E-state index contributed by atoms with van der Waals surface area (Å²) in [6.45, 7) is 4.69. The van der Waals surface area contributed by atoms with Gasteiger partial charge in [0.15, 0.2) is 5.79 Å². The number of rotatable bonds is 4. The molecule has 0 bridgehead atoms. The van der Waals surface area contributed by atoms with E-state index in [1.807, 2.05) is 37.3 Å². The molecule has 3 aromatic rings. The summed E-state index contributed by atoms with van der Waals surface area (Å²) >= 11 is 0. The van der Waals surface area contributed by atoms with Gasteiger partial charge in [-0.05, 0) is 54.8 Å². The maximum absolute atomic E-state index is 13.0. The normalized spacial score (nSPS) is 17.8. The Kier molecular flexibility index (Phi) is 5.86. The molecule has 5 rings (SSSR count). The van der Waals surface area contributed by atoms with E-state index in [-0.39, 0.29) is 5.95 Å². The number of aryl methyl sites for hydroxylation is 1. The lowest BCUT2D eigenvalue weighted by molar-refractivity contribution is -0.161. The van der Waals surface area contributed by atoms with E-state index in [2.05, 4.69) is 25.2 Å². The van der Waals surface area contributed by atoms with Gasteiger partial charge < -0.3 is 19.7 Å². The van der Waals surface area contributed by atoms with Crippen LogP contribution in [0.2, 0.25) is 0 Å². The average Bonchev–Trinajstić information content (AvgIpc) is 3.26. The van der Waals surface area contributed by atoms with Gasteiger partial charge in [0.1, 0.15) is 11.5 Å². The van der Waals surface area contributed by atoms with Crippen LogP contribution in [0.4, 0.5) is 30.6 Å². The zero-order valence-electron chi connectivity index (χ0n) is 18.6. The molecule has 2 saturated heterocycles. The Morgan fingerprint density at radius 3 is 2.59 bits per heavy atom. The van der Waals surface area contributed by atoms with E-state index in [4.69, 9.17) is 9.47 Å². The highest BCUT2D eigenvalue weighted by Gasteiger charge is 2.41. The van der Waals surface area contributed by atoms with Gasteiger partial charge in [0.25, 0.3) is 0 Å².